The fourth-order valence-corrected chi connectivity index (χ4v) is 3.54. The summed E-state index contributed by atoms with van der Waals surface area (Å²) in [5, 5.41) is 1.19. The Balaban J connectivity index is 1.74. The number of hydrogen-bond acceptors (Lipinski definition) is 5. The molecule has 2 aliphatic rings. The average Bonchev–Trinajstić information content (AvgIpc) is 2.62. The molecule has 5 heteroatoms. The molecule has 0 bridgehead atoms. The van der Waals surface area contributed by atoms with E-state index in [1.807, 2.05) is 0 Å². The molecule has 2 fully saturated rings. The molecule has 1 aromatic carbocycles. The van der Waals surface area contributed by atoms with Crippen LogP contribution in [-0.4, -0.2) is 61.2 Å². The van der Waals surface area contributed by atoms with E-state index < -0.39 is 0 Å². The molecule has 23 heavy (non-hydrogen) atoms. The van der Waals surface area contributed by atoms with Crippen LogP contribution in [0.5, 0.6) is 0 Å². The van der Waals surface area contributed by atoms with E-state index in [4.69, 9.17) is 9.97 Å². The van der Waals surface area contributed by atoms with Crippen LogP contribution in [0.3, 0.4) is 0 Å². The maximum atomic E-state index is 5.00. The molecule has 2 saturated heterocycles. The number of hydrogen-bond donors (Lipinski definition) is 0. The Morgan fingerprint density at radius 2 is 1.52 bits per heavy atom. The van der Waals surface area contributed by atoms with E-state index in [1.54, 1.807) is 0 Å². The summed E-state index contributed by atoms with van der Waals surface area (Å²) in [6.07, 6.45) is 3.87. The van der Waals surface area contributed by atoms with Gasteiger partial charge in [0.05, 0.1) is 5.52 Å². The van der Waals surface area contributed by atoms with E-state index >= 15 is 0 Å². The number of piperidine rings is 1. The Labute approximate surface area is 137 Å². The van der Waals surface area contributed by atoms with Crippen molar-refractivity contribution in [3.05, 3.63) is 24.3 Å². The van der Waals surface area contributed by atoms with E-state index in [1.165, 1.54) is 24.6 Å². The summed E-state index contributed by atoms with van der Waals surface area (Å²) >= 11 is 0. The second kappa shape index (κ2) is 6.32. The zero-order valence-electron chi connectivity index (χ0n) is 13.9. The number of rotatable bonds is 2. The van der Waals surface area contributed by atoms with Crippen molar-refractivity contribution in [3.8, 4) is 0 Å². The summed E-state index contributed by atoms with van der Waals surface area (Å²) in [6.45, 7) is 6.40. The smallest absolute Gasteiger partial charge is 0.227 e. The SMILES string of the molecule is CN1CCN(c2nc(N3CCCCC3)c3ccccc3n2)CC1. The van der Waals surface area contributed by atoms with Crippen molar-refractivity contribution in [1.29, 1.82) is 0 Å². The molecule has 1 aromatic heterocycles. The quantitative estimate of drug-likeness (QED) is 0.851. The zero-order valence-corrected chi connectivity index (χ0v) is 13.9. The highest BCUT2D eigenvalue weighted by Crippen LogP contribution is 2.28. The number of likely N-dealkylation sites (N-methyl/N-ethyl adjacent to an activating group) is 1. The second-order valence-corrected chi connectivity index (χ2v) is 6.70. The van der Waals surface area contributed by atoms with Gasteiger partial charge >= 0.3 is 0 Å². The fourth-order valence-electron chi connectivity index (χ4n) is 3.54. The molecule has 4 rings (SSSR count). The highest BCUT2D eigenvalue weighted by molar-refractivity contribution is 5.90. The Morgan fingerprint density at radius 3 is 2.30 bits per heavy atom. The number of benzene rings is 1. The van der Waals surface area contributed by atoms with Gasteiger partial charge in [-0.25, -0.2) is 4.98 Å². The first-order valence-electron chi connectivity index (χ1n) is 8.76. The largest absolute Gasteiger partial charge is 0.356 e. The molecular formula is C18H25N5. The van der Waals surface area contributed by atoms with Crippen molar-refractivity contribution < 1.29 is 0 Å². The van der Waals surface area contributed by atoms with Crippen molar-refractivity contribution in [3.63, 3.8) is 0 Å². The number of piperazine rings is 1. The molecule has 122 valence electrons. The Bertz CT molecular complexity index is 672. The molecule has 5 nitrogen and oxygen atoms in total. The lowest BCUT2D eigenvalue weighted by molar-refractivity contribution is 0.311. The van der Waals surface area contributed by atoms with Gasteiger partial charge in [0.15, 0.2) is 0 Å². The number of fused-ring (bicyclic) bond motifs is 1. The third-order valence-corrected chi connectivity index (χ3v) is 5.01. The van der Waals surface area contributed by atoms with Crippen LogP contribution in [-0.2, 0) is 0 Å². The molecule has 0 radical (unpaired) electrons. The minimum atomic E-state index is 0.900. The van der Waals surface area contributed by atoms with Gasteiger partial charge in [0.1, 0.15) is 5.82 Å². The van der Waals surface area contributed by atoms with Crippen molar-refractivity contribution in [2.75, 3.05) is 56.1 Å². The number of nitrogens with zero attached hydrogens (tertiary/aromatic N) is 5. The van der Waals surface area contributed by atoms with Crippen LogP contribution in [0.2, 0.25) is 0 Å². The van der Waals surface area contributed by atoms with E-state index in [9.17, 15) is 0 Å². The van der Waals surface area contributed by atoms with E-state index in [0.717, 1.165) is 56.6 Å². The molecule has 0 saturated carbocycles. The summed E-state index contributed by atoms with van der Waals surface area (Å²) < 4.78 is 0. The van der Waals surface area contributed by atoms with E-state index in [2.05, 4.69) is 46.0 Å². The van der Waals surface area contributed by atoms with Crippen molar-refractivity contribution in [1.82, 2.24) is 14.9 Å². The third kappa shape index (κ3) is 2.98. The number of aromatic nitrogens is 2. The van der Waals surface area contributed by atoms with Crippen molar-refractivity contribution >= 4 is 22.7 Å². The lowest BCUT2D eigenvalue weighted by Crippen LogP contribution is -2.45. The van der Waals surface area contributed by atoms with Crippen molar-refractivity contribution in [2.24, 2.45) is 0 Å². The highest BCUT2D eigenvalue weighted by Gasteiger charge is 2.21. The van der Waals surface area contributed by atoms with Crippen LogP contribution in [0.15, 0.2) is 24.3 Å². The molecule has 0 unspecified atom stereocenters. The van der Waals surface area contributed by atoms with Gasteiger partial charge in [0, 0.05) is 44.7 Å². The summed E-state index contributed by atoms with van der Waals surface area (Å²) in [5.41, 5.74) is 1.07. The first kappa shape index (κ1) is 14.7. The van der Waals surface area contributed by atoms with Gasteiger partial charge in [-0.05, 0) is 38.4 Å². The van der Waals surface area contributed by atoms with Gasteiger partial charge in [-0.1, -0.05) is 12.1 Å². The standard InChI is InChI=1S/C18H25N5/c1-21-11-13-23(14-12-21)18-19-16-8-4-3-7-15(16)17(20-18)22-9-5-2-6-10-22/h3-4,7-8H,2,5-6,9-14H2,1H3. The summed E-state index contributed by atoms with van der Waals surface area (Å²) in [4.78, 5) is 17.0. The summed E-state index contributed by atoms with van der Waals surface area (Å²) in [6, 6.07) is 8.44. The summed E-state index contributed by atoms with van der Waals surface area (Å²) in [7, 11) is 2.18. The minimum Gasteiger partial charge on any atom is -0.356 e. The highest BCUT2D eigenvalue weighted by atomic mass is 15.3. The van der Waals surface area contributed by atoms with Gasteiger partial charge in [-0.15, -0.1) is 0 Å². The number of anilines is 2. The van der Waals surface area contributed by atoms with Crippen LogP contribution in [0, 0.1) is 0 Å². The normalized spacial score (nSPS) is 20.2. The summed E-state index contributed by atoms with van der Waals surface area (Å²) in [5.74, 6) is 2.03. The van der Waals surface area contributed by atoms with Crippen LogP contribution in [0.25, 0.3) is 10.9 Å². The molecule has 0 atom stereocenters. The molecule has 0 amide bonds. The van der Waals surface area contributed by atoms with Crippen LogP contribution in [0.4, 0.5) is 11.8 Å². The molecule has 3 heterocycles. The number of para-hydroxylation sites is 1. The van der Waals surface area contributed by atoms with E-state index in [0.29, 0.717) is 0 Å². The predicted octanol–water partition coefficient (Wildman–Crippen LogP) is 2.37. The zero-order chi connectivity index (χ0) is 15.6. The molecule has 0 aliphatic carbocycles. The van der Waals surface area contributed by atoms with E-state index in [-0.39, 0.29) is 0 Å². The Kier molecular flexibility index (Phi) is 4.04. The average molecular weight is 311 g/mol. The third-order valence-electron chi connectivity index (χ3n) is 5.01. The maximum Gasteiger partial charge on any atom is 0.227 e. The van der Waals surface area contributed by atoms with Gasteiger partial charge in [-0.2, -0.15) is 4.98 Å². The van der Waals surface area contributed by atoms with Crippen LogP contribution in [0.1, 0.15) is 19.3 Å². The maximum absolute atomic E-state index is 5.00. The monoisotopic (exact) mass is 311 g/mol. The van der Waals surface area contributed by atoms with Crippen molar-refractivity contribution in [2.45, 2.75) is 19.3 Å². The second-order valence-electron chi connectivity index (χ2n) is 6.70. The predicted molar refractivity (Wildman–Crippen MR) is 95.3 cm³/mol. The molecular weight excluding hydrogens is 286 g/mol. The fraction of sp³-hybridized carbons (Fsp3) is 0.556. The minimum absolute atomic E-state index is 0.900. The van der Waals surface area contributed by atoms with Gasteiger partial charge in [0.2, 0.25) is 5.95 Å². The Hall–Kier alpha value is -1.88. The lowest BCUT2D eigenvalue weighted by atomic mass is 10.1. The first-order valence-corrected chi connectivity index (χ1v) is 8.76. The van der Waals surface area contributed by atoms with Crippen LogP contribution >= 0.6 is 0 Å². The molecule has 0 spiro atoms. The van der Waals surface area contributed by atoms with Gasteiger partial charge < -0.3 is 14.7 Å². The van der Waals surface area contributed by atoms with Crippen LogP contribution < -0.4 is 9.80 Å². The molecule has 0 N–H and O–H groups in total. The lowest BCUT2D eigenvalue weighted by Gasteiger charge is -2.34. The molecule has 2 aromatic rings. The van der Waals surface area contributed by atoms with Gasteiger partial charge in [-0.3, -0.25) is 0 Å². The van der Waals surface area contributed by atoms with Gasteiger partial charge in [0.25, 0.3) is 0 Å². The first-order chi connectivity index (χ1) is 11.3. The topological polar surface area (TPSA) is 35.5 Å². The molecule has 2 aliphatic heterocycles. The Morgan fingerprint density at radius 1 is 0.783 bits per heavy atom.